The number of carbonyl (C=O) groups is 1. The zero-order valence-corrected chi connectivity index (χ0v) is 20.3. The number of hydrogen-bond donors (Lipinski definition) is 1. The Hall–Kier alpha value is -3.16. The summed E-state index contributed by atoms with van der Waals surface area (Å²) in [6.07, 6.45) is -2.98. The van der Waals surface area contributed by atoms with E-state index in [1.54, 1.807) is 11.0 Å². The largest absolute Gasteiger partial charge is 0.435 e. The maximum atomic E-state index is 14.1. The van der Waals surface area contributed by atoms with Gasteiger partial charge in [0, 0.05) is 30.1 Å². The molecule has 2 aliphatic heterocycles. The summed E-state index contributed by atoms with van der Waals surface area (Å²) in [5.74, 6) is -1.32. The summed E-state index contributed by atoms with van der Waals surface area (Å²) >= 11 is 1.44. The standard InChI is InChI=1S/C24H22F5N5O2S/c1-13-9-20(24(27,28)29)31-34(13)21(11-35)33-7-5-14(6-8-33)23-30-18(12-37-23)17-10-19(36-32-17)22-15(25)3-2-4-16(22)26/h2-4,9-12,14,19,21,32H,5-8H2,1H3. The number of alkyl halides is 3. The third-order valence-electron chi connectivity index (χ3n) is 6.53. The zero-order valence-electron chi connectivity index (χ0n) is 19.5. The first-order valence-corrected chi connectivity index (χ1v) is 12.4. The van der Waals surface area contributed by atoms with Gasteiger partial charge in [0.1, 0.15) is 17.7 Å². The highest BCUT2D eigenvalue weighted by Gasteiger charge is 2.36. The number of nitrogens with one attached hydrogen (secondary N) is 1. The van der Waals surface area contributed by atoms with E-state index >= 15 is 0 Å². The number of thiazole rings is 1. The van der Waals surface area contributed by atoms with Gasteiger partial charge in [-0.15, -0.1) is 11.3 Å². The highest BCUT2D eigenvalue weighted by molar-refractivity contribution is 7.09. The van der Waals surface area contributed by atoms with Crippen molar-refractivity contribution in [1.29, 1.82) is 0 Å². The Balaban J connectivity index is 1.25. The fraction of sp³-hybridized carbons (Fsp3) is 0.375. The number of aryl methyl sites for hydroxylation is 1. The average molecular weight is 540 g/mol. The van der Waals surface area contributed by atoms with Gasteiger partial charge in [-0.3, -0.25) is 20.0 Å². The molecule has 0 saturated carbocycles. The second kappa shape index (κ2) is 9.95. The smallest absolute Gasteiger partial charge is 0.299 e. The fourth-order valence-corrected chi connectivity index (χ4v) is 5.60. The molecule has 2 aliphatic rings. The Morgan fingerprint density at radius 3 is 2.54 bits per heavy atom. The van der Waals surface area contributed by atoms with E-state index in [1.807, 2.05) is 5.38 Å². The molecule has 4 heterocycles. The number of aldehydes is 1. The first-order chi connectivity index (χ1) is 17.7. The first kappa shape index (κ1) is 25.5. The predicted octanol–water partition coefficient (Wildman–Crippen LogP) is 5.14. The molecule has 2 atom stereocenters. The third kappa shape index (κ3) is 5.03. The molecule has 2 unspecified atom stereocenters. The Kier molecular flexibility index (Phi) is 6.86. The molecule has 2 aromatic heterocycles. The summed E-state index contributed by atoms with van der Waals surface area (Å²) in [6, 6.07) is 4.55. The predicted molar refractivity (Wildman–Crippen MR) is 124 cm³/mol. The Morgan fingerprint density at radius 1 is 1.22 bits per heavy atom. The molecule has 13 heteroatoms. The van der Waals surface area contributed by atoms with Crippen LogP contribution < -0.4 is 5.48 Å². The average Bonchev–Trinajstić information content (AvgIpc) is 3.60. The van der Waals surface area contributed by atoms with Gasteiger partial charge >= 0.3 is 6.18 Å². The molecule has 37 heavy (non-hydrogen) atoms. The van der Waals surface area contributed by atoms with Crippen LogP contribution in [0.5, 0.6) is 0 Å². The van der Waals surface area contributed by atoms with Gasteiger partial charge in [-0.05, 0) is 44.0 Å². The number of hydrogen-bond acceptors (Lipinski definition) is 7. The number of rotatable bonds is 6. The zero-order chi connectivity index (χ0) is 26.3. The van der Waals surface area contributed by atoms with Crippen molar-refractivity contribution >= 4 is 23.3 Å². The summed E-state index contributed by atoms with van der Waals surface area (Å²) in [4.78, 5) is 23.7. The van der Waals surface area contributed by atoms with E-state index in [0.717, 1.165) is 15.8 Å². The molecule has 0 spiro atoms. The second-order valence-electron chi connectivity index (χ2n) is 8.90. The molecule has 196 valence electrons. The minimum absolute atomic E-state index is 0.0921. The SMILES string of the molecule is Cc1cc(C(F)(F)F)nn1C(C=O)N1CCC(c2nc(C3=CC(c4c(F)cccc4F)ON3)cs2)CC1. The number of nitrogens with zero attached hydrogens (tertiary/aromatic N) is 4. The molecule has 1 aromatic carbocycles. The van der Waals surface area contributed by atoms with E-state index in [-0.39, 0.29) is 17.2 Å². The van der Waals surface area contributed by atoms with E-state index in [1.165, 1.54) is 36.5 Å². The van der Waals surface area contributed by atoms with Crippen molar-refractivity contribution in [2.24, 2.45) is 0 Å². The van der Waals surface area contributed by atoms with Crippen LogP contribution in [0.1, 0.15) is 58.7 Å². The van der Waals surface area contributed by atoms with Gasteiger partial charge in [0.15, 0.2) is 18.1 Å². The van der Waals surface area contributed by atoms with Gasteiger partial charge in [0.25, 0.3) is 0 Å². The number of benzene rings is 1. The van der Waals surface area contributed by atoms with Crippen molar-refractivity contribution in [2.75, 3.05) is 13.1 Å². The molecule has 3 aromatic rings. The van der Waals surface area contributed by atoms with Gasteiger partial charge in [-0.25, -0.2) is 18.4 Å². The molecule has 5 rings (SSSR count). The molecule has 7 nitrogen and oxygen atoms in total. The van der Waals surface area contributed by atoms with Crippen LogP contribution in [0.25, 0.3) is 5.70 Å². The van der Waals surface area contributed by atoms with Gasteiger partial charge in [0.05, 0.1) is 22.0 Å². The van der Waals surface area contributed by atoms with E-state index in [2.05, 4.69) is 15.6 Å². The molecule has 0 aliphatic carbocycles. The summed E-state index contributed by atoms with van der Waals surface area (Å²) in [6.45, 7) is 2.44. The molecule has 1 saturated heterocycles. The van der Waals surface area contributed by atoms with Crippen LogP contribution in [0.4, 0.5) is 22.0 Å². The summed E-state index contributed by atoms with van der Waals surface area (Å²) < 4.78 is 68.5. The van der Waals surface area contributed by atoms with Crippen LogP contribution in [0.2, 0.25) is 0 Å². The number of hydroxylamine groups is 1. The Labute approximate surface area is 212 Å². The summed E-state index contributed by atoms with van der Waals surface area (Å²) in [7, 11) is 0. The van der Waals surface area contributed by atoms with E-state index in [4.69, 9.17) is 4.84 Å². The molecule has 0 radical (unpaired) electrons. The van der Waals surface area contributed by atoms with Crippen molar-refractivity contribution < 1.29 is 31.6 Å². The van der Waals surface area contributed by atoms with Crippen LogP contribution >= 0.6 is 11.3 Å². The van der Waals surface area contributed by atoms with E-state index in [9.17, 15) is 26.7 Å². The van der Waals surface area contributed by atoms with Gasteiger partial charge in [0.2, 0.25) is 0 Å². The normalized spacial score (nSPS) is 20.1. The first-order valence-electron chi connectivity index (χ1n) is 11.5. The number of carbonyl (C=O) groups excluding carboxylic acids is 1. The molecule has 0 bridgehead atoms. The highest BCUT2D eigenvalue weighted by atomic mass is 32.1. The van der Waals surface area contributed by atoms with Crippen molar-refractivity contribution in [3.8, 4) is 0 Å². The number of piperidine rings is 1. The lowest BCUT2D eigenvalue weighted by atomic mass is 9.97. The van der Waals surface area contributed by atoms with Gasteiger partial charge in [-0.2, -0.15) is 18.3 Å². The number of aromatic nitrogens is 3. The quantitative estimate of drug-likeness (QED) is 0.346. The lowest BCUT2D eigenvalue weighted by molar-refractivity contribution is -0.142. The summed E-state index contributed by atoms with van der Waals surface area (Å²) in [5, 5.41) is 6.31. The van der Waals surface area contributed by atoms with Crippen LogP contribution in [-0.2, 0) is 15.8 Å². The number of likely N-dealkylation sites (tertiary alicyclic amines) is 1. The van der Waals surface area contributed by atoms with E-state index < -0.39 is 35.8 Å². The highest BCUT2D eigenvalue weighted by Crippen LogP contribution is 2.36. The van der Waals surface area contributed by atoms with Crippen LogP contribution in [0.3, 0.4) is 0 Å². The monoisotopic (exact) mass is 539 g/mol. The minimum Gasteiger partial charge on any atom is -0.299 e. The second-order valence-corrected chi connectivity index (χ2v) is 9.79. The van der Waals surface area contributed by atoms with Crippen molar-refractivity contribution in [2.45, 2.75) is 44.1 Å². The molecular formula is C24H22F5N5O2S. The fourth-order valence-electron chi connectivity index (χ4n) is 4.61. The maximum absolute atomic E-state index is 14.1. The van der Waals surface area contributed by atoms with Crippen molar-refractivity contribution in [3.63, 3.8) is 0 Å². The lowest BCUT2D eigenvalue weighted by Gasteiger charge is -2.35. The van der Waals surface area contributed by atoms with Crippen LogP contribution in [0.15, 0.2) is 35.7 Å². The van der Waals surface area contributed by atoms with Gasteiger partial charge in [-0.1, -0.05) is 6.07 Å². The van der Waals surface area contributed by atoms with Crippen LogP contribution in [0, 0.1) is 18.6 Å². The molecular weight excluding hydrogens is 517 g/mol. The van der Waals surface area contributed by atoms with Crippen LogP contribution in [-0.4, -0.2) is 39.0 Å². The third-order valence-corrected chi connectivity index (χ3v) is 7.54. The number of halogens is 5. The summed E-state index contributed by atoms with van der Waals surface area (Å²) in [5.41, 5.74) is 2.82. The Bertz CT molecular complexity index is 1310. The topological polar surface area (TPSA) is 72.3 Å². The lowest BCUT2D eigenvalue weighted by Crippen LogP contribution is -2.40. The maximum Gasteiger partial charge on any atom is 0.435 e. The molecule has 0 amide bonds. The Morgan fingerprint density at radius 2 is 1.92 bits per heavy atom. The molecule has 1 N–H and O–H groups in total. The van der Waals surface area contributed by atoms with E-state index in [0.29, 0.717) is 43.6 Å². The minimum atomic E-state index is -4.59. The molecule has 1 fully saturated rings. The van der Waals surface area contributed by atoms with Crippen molar-refractivity contribution in [1.82, 2.24) is 25.1 Å². The van der Waals surface area contributed by atoms with Crippen molar-refractivity contribution in [3.05, 3.63) is 75.0 Å². The van der Waals surface area contributed by atoms with Gasteiger partial charge < -0.3 is 0 Å².